The molecule has 132 valence electrons. The van der Waals surface area contributed by atoms with Crippen molar-refractivity contribution in [1.29, 1.82) is 0 Å². The van der Waals surface area contributed by atoms with Crippen molar-refractivity contribution in [3.63, 3.8) is 0 Å². The lowest BCUT2D eigenvalue weighted by molar-refractivity contribution is -0.140. The molecule has 1 saturated heterocycles. The number of carboxylic acids is 1. The van der Waals surface area contributed by atoms with Gasteiger partial charge in [0.2, 0.25) is 0 Å². The Morgan fingerprint density at radius 1 is 1.21 bits per heavy atom. The Morgan fingerprint density at radius 3 is 2.38 bits per heavy atom. The largest absolute Gasteiger partial charge is 0.480 e. The van der Waals surface area contributed by atoms with Gasteiger partial charge in [0.25, 0.3) is 0 Å². The SMILES string of the molecule is CC(C)C(NC(=O)Nc1ccc(CN2CCOCC2)cc1)C(=O)O. The molecular weight excluding hydrogens is 310 g/mol. The topological polar surface area (TPSA) is 90.9 Å². The standard InChI is InChI=1S/C17H25N3O4/c1-12(2)15(16(21)22)19-17(23)18-14-5-3-13(4-6-14)11-20-7-9-24-10-8-20/h3-6,12,15H,7-11H2,1-2H3,(H,21,22)(H2,18,19,23). The number of carbonyl (C=O) groups is 2. The predicted octanol–water partition coefficient (Wildman–Crippen LogP) is 1.75. The number of anilines is 1. The summed E-state index contributed by atoms with van der Waals surface area (Å²) in [6, 6.07) is 6.13. The van der Waals surface area contributed by atoms with Crippen LogP contribution in [0.4, 0.5) is 10.5 Å². The lowest BCUT2D eigenvalue weighted by Crippen LogP contribution is -2.46. The molecular formula is C17H25N3O4. The van der Waals surface area contributed by atoms with E-state index in [1.165, 1.54) is 0 Å². The van der Waals surface area contributed by atoms with E-state index in [0.29, 0.717) is 5.69 Å². The fourth-order valence-electron chi connectivity index (χ4n) is 2.53. The van der Waals surface area contributed by atoms with Crippen molar-refractivity contribution in [3.05, 3.63) is 29.8 Å². The summed E-state index contributed by atoms with van der Waals surface area (Å²) in [6.07, 6.45) is 0. The molecule has 2 amide bonds. The van der Waals surface area contributed by atoms with Crippen LogP contribution in [0, 0.1) is 5.92 Å². The Morgan fingerprint density at radius 2 is 1.83 bits per heavy atom. The van der Waals surface area contributed by atoms with Crippen molar-refractivity contribution in [3.8, 4) is 0 Å². The van der Waals surface area contributed by atoms with Gasteiger partial charge in [-0.1, -0.05) is 26.0 Å². The molecule has 1 aromatic carbocycles. The smallest absolute Gasteiger partial charge is 0.326 e. The first-order chi connectivity index (χ1) is 11.5. The molecule has 0 bridgehead atoms. The van der Waals surface area contributed by atoms with E-state index in [2.05, 4.69) is 15.5 Å². The van der Waals surface area contributed by atoms with Crippen molar-refractivity contribution in [1.82, 2.24) is 10.2 Å². The molecule has 1 unspecified atom stereocenters. The Bertz CT molecular complexity index is 553. The molecule has 7 nitrogen and oxygen atoms in total. The van der Waals surface area contributed by atoms with Gasteiger partial charge in [-0.2, -0.15) is 0 Å². The van der Waals surface area contributed by atoms with Gasteiger partial charge in [-0.25, -0.2) is 9.59 Å². The van der Waals surface area contributed by atoms with Crippen LogP contribution in [0.3, 0.4) is 0 Å². The van der Waals surface area contributed by atoms with Crippen LogP contribution in [0.15, 0.2) is 24.3 Å². The number of benzene rings is 1. The minimum Gasteiger partial charge on any atom is -0.480 e. The highest BCUT2D eigenvalue weighted by molar-refractivity contribution is 5.92. The highest BCUT2D eigenvalue weighted by Crippen LogP contribution is 2.13. The number of carboxylic acid groups (broad SMARTS) is 1. The van der Waals surface area contributed by atoms with E-state index in [1.54, 1.807) is 13.8 Å². The van der Waals surface area contributed by atoms with Crippen LogP contribution >= 0.6 is 0 Å². The molecule has 0 aromatic heterocycles. The number of morpholine rings is 1. The maximum absolute atomic E-state index is 11.9. The van der Waals surface area contributed by atoms with E-state index >= 15 is 0 Å². The number of carbonyl (C=O) groups excluding carboxylic acids is 1. The number of urea groups is 1. The van der Waals surface area contributed by atoms with Gasteiger partial charge in [-0.15, -0.1) is 0 Å². The third-order valence-electron chi connectivity index (χ3n) is 3.94. The molecule has 1 aliphatic rings. The first-order valence-electron chi connectivity index (χ1n) is 8.15. The Labute approximate surface area is 142 Å². The zero-order valence-corrected chi connectivity index (χ0v) is 14.1. The fourth-order valence-corrected chi connectivity index (χ4v) is 2.53. The van der Waals surface area contributed by atoms with Crippen LogP contribution in [0.2, 0.25) is 0 Å². The zero-order valence-electron chi connectivity index (χ0n) is 14.1. The first-order valence-corrected chi connectivity index (χ1v) is 8.15. The summed E-state index contributed by atoms with van der Waals surface area (Å²) in [5.41, 5.74) is 1.79. The van der Waals surface area contributed by atoms with E-state index in [4.69, 9.17) is 9.84 Å². The quantitative estimate of drug-likeness (QED) is 0.737. The van der Waals surface area contributed by atoms with Crippen LogP contribution in [0.1, 0.15) is 19.4 Å². The number of rotatable bonds is 6. The number of nitrogens with one attached hydrogen (secondary N) is 2. The van der Waals surface area contributed by atoms with E-state index in [1.807, 2.05) is 24.3 Å². The maximum atomic E-state index is 11.9. The molecule has 1 atom stereocenters. The van der Waals surface area contributed by atoms with Gasteiger partial charge in [0, 0.05) is 25.3 Å². The third kappa shape index (κ3) is 5.50. The number of amides is 2. The minimum absolute atomic E-state index is 0.191. The molecule has 7 heteroatoms. The number of nitrogens with zero attached hydrogens (tertiary/aromatic N) is 1. The summed E-state index contributed by atoms with van der Waals surface area (Å²) in [5, 5.41) is 14.2. The molecule has 0 spiro atoms. The van der Waals surface area contributed by atoms with Gasteiger partial charge < -0.3 is 20.5 Å². The Hall–Kier alpha value is -2.12. The van der Waals surface area contributed by atoms with Crippen molar-refractivity contribution < 1.29 is 19.4 Å². The molecule has 0 aliphatic carbocycles. The van der Waals surface area contributed by atoms with Crippen LogP contribution in [0.25, 0.3) is 0 Å². The van der Waals surface area contributed by atoms with Crippen LogP contribution < -0.4 is 10.6 Å². The summed E-state index contributed by atoms with van der Waals surface area (Å²) in [7, 11) is 0. The van der Waals surface area contributed by atoms with E-state index in [9.17, 15) is 9.59 Å². The summed E-state index contributed by atoms with van der Waals surface area (Å²) in [6.45, 7) is 7.73. The highest BCUT2D eigenvalue weighted by Gasteiger charge is 2.23. The number of aliphatic carboxylic acids is 1. The van der Waals surface area contributed by atoms with Crippen LogP contribution in [0.5, 0.6) is 0 Å². The summed E-state index contributed by atoms with van der Waals surface area (Å²) in [5.74, 6) is -1.23. The molecule has 24 heavy (non-hydrogen) atoms. The van der Waals surface area contributed by atoms with Gasteiger partial charge >= 0.3 is 12.0 Å². The van der Waals surface area contributed by atoms with Gasteiger partial charge in [0.15, 0.2) is 0 Å². The average molecular weight is 335 g/mol. The summed E-state index contributed by atoms with van der Waals surface area (Å²) >= 11 is 0. The molecule has 1 aromatic rings. The van der Waals surface area contributed by atoms with Crippen molar-refractivity contribution >= 4 is 17.7 Å². The average Bonchev–Trinajstić information content (AvgIpc) is 2.55. The van der Waals surface area contributed by atoms with E-state index in [-0.39, 0.29) is 5.92 Å². The van der Waals surface area contributed by atoms with Gasteiger partial charge in [0.05, 0.1) is 13.2 Å². The zero-order chi connectivity index (χ0) is 17.5. The number of hydrogen-bond donors (Lipinski definition) is 3. The maximum Gasteiger partial charge on any atom is 0.326 e. The second kappa shape index (κ2) is 8.65. The normalized spacial score (nSPS) is 16.6. The summed E-state index contributed by atoms with van der Waals surface area (Å²) in [4.78, 5) is 25.4. The van der Waals surface area contributed by atoms with Gasteiger partial charge in [-0.3, -0.25) is 4.90 Å². The van der Waals surface area contributed by atoms with Gasteiger partial charge in [0.1, 0.15) is 6.04 Å². The lowest BCUT2D eigenvalue weighted by atomic mass is 10.1. The molecule has 0 saturated carbocycles. The number of hydrogen-bond acceptors (Lipinski definition) is 4. The van der Waals surface area contributed by atoms with Crippen molar-refractivity contribution in [2.24, 2.45) is 5.92 Å². The molecule has 2 rings (SSSR count). The predicted molar refractivity (Wildman–Crippen MR) is 91.0 cm³/mol. The Kier molecular flexibility index (Phi) is 6.57. The number of ether oxygens (including phenoxy) is 1. The van der Waals surface area contributed by atoms with E-state index in [0.717, 1.165) is 38.4 Å². The minimum atomic E-state index is -1.04. The molecule has 0 radical (unpaired) electrons. The van der Waals surface area contributed by atoms with Crippen molar-refractivity contribution in [2.45, 2.75) is 26.4 Å². The highest BCUT2D eigenvalue weighted by atomic mass is 16.5. The van der Waals surface area contributed by atoms with Crippen LogP contribution in [-0.4, -0.2) is 54.4 Å². The van der Waals surface area contributed by atoms with Gasteiger partial charge in [-0.05, 0) is 23.6 Å². The second-order valence-electron chi connectivity index (χ2n) is 6.24. The molecule has 1 heterocycles. The molecule has 1 aliphatic heterocycles. The second-order valence-corrected chi connectivity index (χ2v) is 6.24. The lowest BCUT2D eigenvalue weighted by Gasteiger charge is -2.26. The molecule has 3 N–H and O–H groups in total. The van der Waals surface area contributed by atoms with Crippen molar-refractivity contribution in [2.75, 3.05) is 31.6 Å². The first kappa shape index (κ1) is 18.2. The third-order valence-corrected chi connectivity index (χ3v) is 3.94. The Balaban J connectivity index is 1.86. The monoisotopic (exact) mass is 335 g/mol. The fraction of sp³-hybridized carbons (Fsp3) is 0.529. The summed E-state index contributed by atoms with van der Waals surface area (Å²) < 4.78 is 5.33. The van der Waals surface area contributed by atoms with E-state index < -0.39 is 18.0 Å². The van der Waals surface area contributed by atoms with Crippen LogP contribution in [-0.2, 0) is 16.1 Å². The molecule has 1 fully saturated rings.